The van der Waals surface area contributed by atoms with Crippen LogP contribution in [0.2, 0.25) is 0 Å². The number of rotatable bonds is 8. The van der Waals surface area contributed by atoms with Gasteiger partial charge in [-0.3, -0.25) is 19.5 Å². The van der Waals surface area contributed by atoms with E-state index in [0.717, 1.165) is 5.56 Å². The zero-order valence-electron chi connectivity index (χ0n) is 21.3. The van der Waals surface area contributed by atoms with Gasteiger partial charge in [-0.25, -0.2) is 0 Å². The number of nitro benzene ring substituents is 1. The minimum Gasteiger partial charge on any atom is -0.345 e. The Morgan fingerprint density at radius 3 is 2.30 bits per heavy atom. The Hall–Kier alpha value is -3.98. The first kappa shape index (κ1) is 26.1. The summed E-state index contributed by atoms with van der Waals surface area (Å²) >= 11 is 1.52. The number of benzene rings is 3. The van der Waals surface area contributed by atoms with Gasteiger partial charge in [-0.05, 0) is 53.3 Å². The van der Waals surface area contributed by atoms with E-state index in [9.17, 15) is 14.9 Å². The van der Waals surface area contributed by atoms with Crippen molar-refractivity contribution in [1.29, 1.82) is 0 Å². The zero-order chi connectivity index (χ0) is 26.6. The van der Waals surface area contributed by atoms with E-state index >= 15 is 0 Å². The van der Waals surface area contributed by atoms with E-state index in [2.05, 4.69) is 55.3 Å². The molecule has 37 heavy (non-hydrogen) atoms. The van der Waals surface area contributed by atoms with E-state index in [-0.39, 0.29) is 23.6 Å². The molecule has 1 aromatic heterocycles. The van der Waals surface area contributed by atoms with Crippen LogP contribution in [0.3, 0.4) is 0 Å². The van der Waals surface area contributed by atoms with Gasteiger partial charge in [-0.2, -0.15) is 0 Å². The number of aryl methyl sites for hydroxylation is 1. The molecule has 8 nitrogen and oxygen atoms in total. The average molecular weight is 516 g/mol. The van der Waals surface area contributed by atoms with Crippen molar-refractivity contribution in [3.63, 3.8) is 0 Å². The van der Waals surface area contributed by atoms with Crippen LogP contribution in [0.5, 0.6) is 0 Å². The summed E-state index contributed by atoms with van der Waals surface area (Å²) in [6.45, 7) is 8.59. The molecule has 0 unspecified atom stereocenters. The lowest BCUT2D eigenvalue weighted by Gasteiger charge is -2.19. The summed E-state index contributed by atoms with van der Waals surface area (Å²) in [6, 6.07) is 21.9. The molecular formula is C28H29N5O3S. The summed E-state index contributed by atoms with van der Waals surface area (Å²) in [6.07, 6.45) is 0. The number of amides is 1. The summed E-state index contributed by atoms with van der Waals surface area (Å²) in [7, 11) is 0. The number of thioether (sulfide) groups is 1. The summed E-state index contributed by atoms with van der Waals surface area (Å²) in [5.74, 6) is 0.998. The van der Waals surface area contributed by atoms with E-state index in [0.29, 0.717) is 28.0 Å². The van der Waals surface area contributed by atoms with Crippen LogP contribution in [0.1, 0.15) is 53.6 Å². The molecule has 4 aromatic rings. The number of nitro groups is 1. The molecule has 190 valence electrons. The second kappa shape index (κ2) is 11.0. The summed E-state index contributed by atoms with van der Waals surface area (Å²) in [5.41, 5.74) is 4.75. The highest BCUT2D eigenvalue weighted by Crippen LogP contribution is 2.27. The molecule has 1 N–H and O–H groups in total. The van der Waals surface area contributed by atoms with E-state index in [1.165, 1.54) is 35.0 Å². The predicted octanol–water partition coefficient (Wildman–Crippen LogP) is 6.00. The molecule has 0 saturated carbocycles. The summed E-state index contributed by atoms with van der Waals surface area (Å²) in [5, 5.41) is 23.4. The van der Waals surface area contributed by atoms with Crippen LogP contribution in [0.4, 0.5) is 5.69 Å². The van der Waals surface area contributed by atoms with Crippen molar-refractivity contribution in [2.24, 2.45) is 0 Å². The molecule has 0 saturated heterocycles. The maximum atomic E-state index is 12.9. The number of nitrogens with zero attached hydrogens (tertiary/aromatic N) is 4. The minimum atomic E-state index is -0.435. The molecule has 0 atom stereocenters. The number of non-ortho nitro benzene ring substituents is 1. The summed E-state index contributed by atoms with van der Waals surface area (Å²) < 4.78 is 1.83. The molecule has 3 aromatic carbocycles. The number of nitrogens with one attached hydrogen (secondary N) is 1. The predicted molar refractivity (Wildman–Crippen MR) is 145 cm³/mol. The average Bonchev–Trinajstić information content (AvgIpc) is 3.29. The maximum Gasteiger partial charge on any atom is 0.269 e. The van der Waals surface area contributed by atoms with Crippen molar-refractivity contribution < 1.29 is 9.72 Å². The largest absolute Gasteiger partial charge is 0.345 e. The third-order valence-electron chi connectivity index (χ3n) is 6.06. The molecule has 0 aliphatic heterocycles. The van der Waals surface area contributed by atoms with Crippen molar-refractivity contribution in [3.8, 4) is 5.69 Å². The molecule has 0 bridgehead atoms. The number of aromatic nitrogens is 3. The minimum absolute atomic E-state index is 0.000468. The van der Waals surface area contributed by atoms with Crippen molar-refractivity contribution in [3.05, 3.63) is 111 Å². The number of hydrogen-bond acceptors (Lipinski definition) is 6. The SMILES string of the molecule is Cc1ccccc1CSc1nnc(CNC(=O)c2ccc(C(C)(C)C)cc2)n1-c1ccc([N+](=O)[O-])cc1. The summed E-state index contributed by atoms with van der Waals surface area (Å²) in [4.78, 5) is 23.6. The third kappa shape index (κ3) is 6.24. The Balaban J connectivity index is 1.57. The van der Waals surface area contributed by atoms with Gasteiger partial charge in [0.2, 0.25) is 0 Å². The lowest BCUT2D eigenvalue weighted by atomic mass is 9.87. The fraction of sp³-hybridized carbons (Fsp3) is 0.250. The standard InChI is InChI=1S/C28H29N5O3S/c1-19-7-5-6-8-21(19)18-37-27-31-30-25(32(27)23-13-15-24(16-14-23)33(35)36)17-29-26(34)20-9-11-22(12-10-20)28(2,3)4/h5-16H,17-18H2,1-4H3,(H,29,34). The second-order valence-electron chi connectivity index (χ2n) is 9.73. The third-order valence-corrected chi connectivity index (χ3v) is 7.04. The van der Waals surface area contributed by atoms with Gasteiger partial charge in [0.05, 0.1) is 11.5 Å². The van der Waals surface area contributed by atoms with Gasteiger partial charge in [0.25, 0.3) is 11.6 Å². The molecule has 4 rings (SSSR count). The van der Waals surface area contributed by atoms with E-state index in [1.807, 2.05) is 41.0 Å². The van der Waals surface area contributed by atoms with Crippen LogP contribution in [0.15, 0.2) is 78.0 Å². The molecule has 0 radical (unpaired) electrons. The first-order chi connectivity index (χ1) is 17.6. The molecule has 1 heterocycles. The van der Waals surface area contributed by atoms with Gasteiger partial charge < -0.3 is 5.32 Å². The molecule has 0 aliphatic rings. The Labute approximate surface area is 220 Å². The van der Waals surface area contributed by atoms with Gasteiger partial charge in [0.1, 0.15) is 0 Å². The quantitative estimate of drug-likeness (QED) is 0.175. The highest BCUT2D eigenvalue weighted by Gasteiger charge is 2.18. The van der Waals surface area contributed by atoms with Crippen molar-refractivity contribution in [2.45, 2.75) is 50.6 Å². The fourth-order valence-electron chi connectivity index (χ4n) is 3.79. The van der Waals surface area contributed by atoms with Crippen LogP contribution in [-0.4, -0.2) is 25.6 Å². The molecule has 9 heteroatoms. The van der Waals surface area contributed by atoms with Crippen LogP contribution in [0, 0.1) is 17.0 Å². The van der Waals surface area contributed by atoms with E-state index in [4.69, 9.17) is 0 Å². The van der Waals surface area contributed by atoms with Crippen LogP contribution < -0.4 is 5.32 Å². The molecule has 0 spiro atoms. The van der Waals surface area contributed by atoms with Crippen molar-refractivity contribution >= 4 is 23.4 Å². The molecular weight excluding hydrogens is 486 g/mol. The van der Waals surface area contributed by atoms with E-state index < -0.39 is 4.92 Å². The van der Waals surface area contributed by atoms with Gasteiger partial charge in [0, 0.05) is 29.1 Å². The fourth-order valence-corrected chi connectivity index (χ4v) is 4.84. The van der Waals surface area contributed by atoms with Gasteiger partial charge in [-0.15, -0.1) is 10.2 Å². The number of hydrogen-bond donors (Lipinski definition) is 1. The molecule has 0 fully saturated rings. The van der Waals surface area contributed by atoms with Crippen LogP contribution in [-0.2, 0) is 17.7 Å². The number of carbonyl (C=O) groups excluding carboxylic acids is 1. The normalized spacial score (nSPS) is 11.4. The first-order valence-corrected chi connectivity index (χ1v) is 12.9. The topological polar surface area (TPSA) is 103 Å². The number of carbonyl (C=O) groups is 1. The monoisotopic (exact) mass is 515 g/mol. The smallest absolute Gasteiger partial charge is 0.269 e. The molecule has 0 aliphatic carbocycles. The van der Waals surface area contributed by atoms with E-state index in [1.54, 1.807) is 12.1 Å². The van der Waals surface area contributed by atoms with Gasteiger partial charge in [0.15, 0.2) is 11.0 Å². The Morgan fingerprint density at radius 2 is 1.68 bits per heavy atom. The highest BCUT2D eigenvalue weighted by atomic mass is 32.2. The van der Waals surface area contributed by atoms with Crippen molar-refractivity contribution in [2.75, 3.05) is 0 Å². The lowest BCUT2D eigenvalue weighted by Crippen LogP contribution is -2.25. The Morgan fingerprint density at radius 1 is 1.00 bits per heavy atom. The van der Waals surface area contributed by atoms with Crippen LogP contribution in [0.25, 0.3) is 5.69 Å². The second-order valence-corrected chi connectivity index (χ2v) is 10.7. The van der Waals surface area contributed by atoms with Crippen LogP contribution >= 0.6 is 11.8 Å². The van der Waals surface area contributed by atoms with Gasteiger partial charge >= 0.3 is 0 Å². The molecule has 1 amide bonds. The zero-order valence-corrected chi connectivity index (χ0v) is 22.1. The lowest BCUT2D eigenvalue weighted by molar-refractivity contribution is -0.384. The Kier molecular flexibility index (Phi) is 7.73. The Bertz CT molecular complexity index is 1410. The highest BCUT2D eigenvalue weighted by molar-refractivity contribution is 7.98. The van der Waals surface area contributed by atoms with Gasteiger partial charge in [-0.1, -0.05) is 68.9 Å². The van der Waals surface area contributed by atoms with Crippen molar-refractivity contribution in [1.82, 2.24) is 20.1 Å². The first-order valence-electron chi connectivity index (χ1n) is 11.9. The maximum absolute atomic E-state index is 12.9.